The molecule has 2 aromatic carbocycles. The molecule has 0 bridgehead atoms. The Hall–Kier alpha value is -2.69. The fourth-order valence-electron chi connectivity index (χ4n) is 2.34. The molecular weight excluding hydrogens is 270 g/mol. The molecule has 21 heavy (non-hydrogen) atoms. The van der Waals surface area contributed by atoms with E-state index >= 15 is 0 Å². The first kappa shape index (κ1) is 13.3. The standard InChI is InChI=1S/C16H15NO4/c1-20-16(19)10-2-4-11(5-3-10)17-14-9-21-15-8-12(18)6-7-13(14)15/h2-8,14,17-18H,9H2,1H3. The SMILES string of the molecule is COC(=O)c1ccc(NC2COc3cc(O)ccc32)cc1. The van der Waals surface area contributed by atoms with Gasteiger partial charge >= 0.3 is 5.97 Å². The van der Waals surface area contributed by atoms with Crippen molar-refractivity contribution in [3.63, 3.8) is 0 Å². The average Bonchev–Trinajstić information content (AvgIpc) is 2.89. The molecular formula is C16H15NO4. The maximum atomic E-state index is 11.4. The highest BCUT2D eigenvalue weighted by atomic mass is 16.5. The molecule has 0 fully saturated rings. The summed E-state index contributed by atoms with van der Waals surface area (Å²) >= 11 is 0. The van der Waals surface area contributed by atoms with Crippen molar-refractivity contribution in [2.75, 3.05) is 19.0 Å². The van der Waals surface area contributed by atoms with Crippen molar-refractivity contribution in [1.82, 2.24) is 0 Å². The zero-order valence-electron chi connectivity index (χ0n) is 11.5. The van der Waals surface area contributed by atoms with Crippen molar-refractivity contribution in [2.45, 2.75) is 6.04 Å². The molecule has 1 aliphatic heterocycles. The summed E-state index contributed by atoms with van der Waals surface area (Å²) in [6.07, 6.45) is 0. The highest BCUT2D eigenvalue weighted by Crippen LogP contribution is 2.36. The molecule has 5 heteroatoms. The normalized spacial score (nSPS) is 16.0. The fourth-order valence-corrected chi connectivity index (χ4v) is 2.34. The second-order valence-corrected chi connectivity index (χ2v) is 4.80. The molecule has 3 rings (SSSR count). The maximum absolute atomic E-state index is 11.4. The minimum Gasteiger partial charge on any atom is -0.508 e. The van der Waals surface area contributed by atoms with E-state index in [4.69, 9.17) is 4.74 Å². The lowest BCUT2D eigenvalue weighted by Crippen LogP contribution is -2.12. The Kier molecular flexibility index (Phi) is 3.39. The van der Waals surface area contributed by atoms with E-state index in [-0.39, 0.29) is 17.8 Å². The largest absolute Gasteiger partial charge is 0.508 e. The Morgan fingerprint density at radius 2 is 2.05 bits per heavy atom. The lowest BCUT2D eigenvalue weighted by Gasteiger charge is -2.13. The predicted molar refractivity (Wildman–Crippen MR) is 77.7 cm³/mol. The van der Waals surface area contributed by atoms with Crippen molar-refractivity contribution in [3.8, 4) is 11.5 Å². The van der Waals surface area contributed by atoms with Crippen LogP contribution >= 0.6 is 0 Å². The van der Waals surface area contributed by atoms with Crippen LogP contribution in [0.2, 0.25) is 0 Å². The summed E-state index contributed by atoms with van der Waals surface area (Å²) < 4.78 is 10.2. The number of anilines is 1. The third kappa shape index (κ3) is 2.63. The van der Waals surface area contributed by atoms with Gasteiger partial charge in [-0.1, -0.05) is 0 Å². The quantitative estimate of drug-likeness (QED) is 0.849. The van der Waals surface area contributed by atoms with Gasteiger partial charge in [0.1, 0.15) is 18.1 Å². The van der Waals surface area contributed by atoms with Crippen LogP contribution in [-0.4, -0.2) is 24.8 Å². The second kappa shape index (κ2) is 5.36. The minimum absolute atomic E-state index is 0.0181. The summed E-state index contributed by atoms with van der Waals surface area (Å²) in [6, 6.07) is 12.2. The molecule has 0 aliphatic carbocycles. The number of carbonyl (C=O) groups is 1. The third-order valence-corrected chi connectivity index (χ3v) is 3.42. The van der Waals surface area contributed by atoms with Gasteiger partial charge in [-0.25, -0.2) is 4.79 Å². The van der Waals surface area contributed by atoms with Gasteiger partial charge in [-0.2, -0.15) is 0 Å². The van der Waals surface area contributed by atoms with Crippen molar-refractivity contribution in [3.05, 3.63) is 53.6 Å². The summed E-state index contributed by atoms with van der Waals surface area (Å²) in [6.45, 7) is 0.498. The van der Waals surface area contributed by atoms with Crippen LogP contribution in [0.3, 0.4) is 0 Å². The number of hydrogen-bond donors (Lipinski definition) is 2. The van der Waals surface area contributed by atoms with Crippen LogP contribution in [0.1, 0.15) is 22.0 Å². The van der Waals surface area contributed by atoms with E-state index in [0.29, 0.717) is 17.9 Å². The topological polar surface area (TPSA) is 67.8 Å². The number of carbonyl (C=O) groups excluding carboxylic acids is 1. The summed E-state index contributed by atoms with van der Waals surface area (Å²) in [5.74, 6) is 0.530. The average molecular weight is 285 g/mol. The summed E-state index contributed by atoms with van der Waals surface area (Å²) in [7, 11) is 1.36. The molecule has 0 aromatic heterocycles. The van der Waals surface area contributed by atoms with E-state index in [2.05, 4.69) is 10.1 Å². The van der Waals surface area contributed by atoms with Crippen LogP contribution in [0, 0.1) is 0 Å². The second-order valence-electron chi connectivity index (χ2n) is 4.80. The molecule has 0 saturated carbocycles. The third-order valence-electron chi connectivity index (χ3n) is 3.42. The van der Waals surface area contributed by atoms with Crippen LogP contribution in [-0.2, 0) is 4.74 Å². The zero-order chi connectivity index (χ0) is 14.8. The van der Waals surface area contributed by atoms with E-state index in [9.17, 15) is 9.90 Å². The predicted octanol–water partition coefficient (Wildman–Crippen LogP) is 2.72. The molecule has 2 aromatic rings. The van der Waals surface area contributed by atoms with Crippen LogP contribution < -0.4 is 10.1 Å². The first-order chi connectivity index (χ1) is 10.2. The van der Waals surface area contributed by atoms with Gasteiger partial charge in [0.15, 0.2) is 0 Å². The number of nitrogens with one attached hydrogen (secondary N) is 1. The zero-order valence-corrected chi connectivity index (χ0v) is 11.5. The van der Waals surface area contributed by atoms with Crippen molar-refractivity contribution in [2.24, 2.45) is 0 Å². The smallest absolute Gasteiger partial charge is 0.337 e. The monoisotopic (exact) mass is 285 g/mol. The van der Waals surface area contributed by atoms with Crippen molar-refractivity contribution < 1.29 is 19.4 Å². The summed E-state index contributed by atoms with van der Waals surface area (Å²) in [5.41, 5.74) is 2.40. The van der Waals surface area contributed by atoms with Crippen LogP contribution in [0.4, 0.5) is 5.69 Å². The first-order valence-electron chi connectivity index (χ1n) is 6.58. The highest BCUT2D eigenvalue weighted by molar-refractivity contribution is 5.89. The van der Waals surface area contributed by atoms with Crippen molar-refractivity contribution >= 4 is 11.7 Å². The van der Waals surface area contributed by atoms with E-state index in [0.717, 1.165) is 11.3 Å². The summed E-state index contributed by atoms with van der Waals surface area (Å²) in [5, 5.41) is 12.8. The molecule has 108 valence electrons. The minimum atomic E-state index is -0.355. The number of phenols is 1. The van der Waals surface area contributed by atoms with Crippen LogP contribution in [0.25, 0.3) is 0 Å². The van der Waals surface area contributed by atoms with E-state index in [1.807, 2.05) is 18.2 Å². The Bertz CT molecular complexity index is 666. The summed E-state index contributed by atoms with van der Waals surface area (Å²) in [4.78, 5) is 11.4. The number of hydrogen-bond acceptors (Lipinski definition) is 5. The Balaban J connectivity index is 1.75. The fraction of sp³-hybridized carbons (Fsp3) is 0.188. The van der Waals surface area contributed by atoms with Gasteiger partial charge in [0.05, 0.1) is 18.7 Å². The van der Waals surface area contributed by atoms with Crippen LogP contribution in [0.5, 0.6) is 11.5 Å². The molecule has 5 nitrogen and oxygen atoms in total. The maximum Gasteiger partial charge on any atom is 0.337 e. The number of aromatic hydroxyl groups is 1. The van der Waals surface area contributed by atoms with Gasteiger partial charge in [0.25, 0.3) is 0 Å². The van der Waals surface area contributed by atoms with Gasteiger partial charge in [-0.15, -0.1) is 0 Å². The lowest BCUT2D eigenvalue weighted by atomic mass is 10.1. The number of methoxy groups -OCH3 is 1. The highest BCUT2D eigenvalue weighted by Gasteiger charge is 2.24. The molecule has 0 saturated heterocycles. The van der Waals surface area contributed by atoms with Crippen LogP contribution in [0.15, 0.2) is 42.5 Å². The molecule has 2 N–H and O–H groups in total. The van der Waals surface area contributed by atoms with Gasteiger partial charge in [-0.05, 0) is 36.4 Å². The Labute approximate surface area is 122 Å². The van der Waals surface area contributed by atoms with Gasteiger partial charge in [0, 0.05) is 17.3 Å². The Morgan fingerprint density at radius 1 is 1.29 bits per heavy atom. The van der Waals surface area contributed by atoms with Crippen molar-refractivity contribution in [1.29, 1.82) is 0 Å². The van der Waals surface area contributed by atoms with Gasteiger partial charge in [-0.3, -0.25) is 0 Å². The Morgan fingerprint density at radius 3 is 2.76 bits per heavy atom. The van der Waals surface area contributed by atoms with E-state index < -0.39 is 0 Å². The number of esters is 1. The molecule has 0 amide bonds. The molecule has 1 atom stereocenters. The molecule has 0 spiro atoms. The molecule has 1 aliphatic rings. The first-order valence-corrected chi connectivity index (χ1v) is 6.58. The number of ether oxygens (including phenoxy) is 2. The van der Waals surface area contributed by atoms with Gasteiger partial charge in [0.2, 0.25) is 0 Å². The molecule has 1 unspecified atom stereocenters. The molecule has 1 heterocycles. The van der Waals surface area contributed by atoms with E-state index in [1.165, 1.54) is 7.11 Å². The molecule has 0 radical (unpaired) electrons. The number of rotatable bonds is 3. The number of fused-ring (bicyclic) bond motifs is 1. The lowest BCUT2D eigenvalue weighted by molar-refractivity contribution is 0.0601. The number of phenolic OH excluding ortho intramolecular Hbond substituents is 1. The van der Waals surface area contributed by atoms with E-state index in [1.54, 1.807) is 24.3 Å². The van der Waals surface area contributed by atoms with Gasteiger partial charge < -0.3 is 19.9 Å². The number of benzene rings is 2.